The lowest BCUT2D eigenvalue weighted by Gasteiger charge is -1.92. The molecule has 0 unspecified atom stereocenters. The summed E-state index contributed by atoms with van der Waals surface area (Å²) in [5.41, 5.74) is 0. The molecule has 3 nitrogen and oxygen atoms in total. The van der Waals surface area contributed by atoms with E-state index in [9.17, 15) is 0 Å². The molecule has 1 aliphatic heterocycles. The lowest BCUT2D eigenvalue weighted by molar-refractivity contribution is 0.938. The van der Waals surface area contributed by atoms with Crippen LogP contribution >= 0.6 is 0 Å². The first-order chi connectivity index (χ1) is 3.43. The van der Waals surface area contributed by atoms with Gasteiger partial charge >= 0.3 is 0 Å². The molecule has 1 aliphatic rings. The zero-order valence-corrected chi connectivity index (χ0v) is 4.31. The molecule has 1 N–H and O–H groups in total. The Morgan fingerprint density at radius 2 is 2.71 bits per heavy atom. The second-order valence-corrected chi connectivity index (χ2v) is 1.36. The van der Waals surface area contributed by atoms with Crippen LogP contribution in [0.15, 0.2) is 4.99 Å². The minimum absolute atomic E-state index is 0.792. The van der Waals surface area contributed by atoms with Crippen molar-refractivity contribution in [2.24, 2.45) is 4.99 Å². The molecule has 0 saturated carbocycles. The van der Waals surface area contributed by atoms with Crippen LogP contribution in [0.4, 0.5) is 0 Å². The van der Waals surface area contributed by atoms with Gasteiger partial charge in [-0.2, -0.15) is 0 Å². The first-order valence-corrected chi connectivity index (χ1v) is 2.31. The molecule has 0 bridgehead atoms. The molecule has 0 fully saturated rings. The fourth-order valence-electron chi connectivity index (χ4n) is 0.535. The molecule has 1 rings (SSSR count). The maximum absolute atomic E-state index is 3.99. The normalized spacial score (nSPS) is 18.1. The molecular weight excluding hydrogens is 90.1 g/mol. The van der Waals surface area contributed by atoms with Crippen molar-refractivity contribution in [1.29, 1.82) is 0 Å². The van der Waals surface area contributed by atoms with Gasteiger partial charge in [-0.1, -0.05) is 0 Å². The number of hydrogen-bond acceptors (Lipinski definition) is 2. The van der Waals surface area contributed by atoms with Crippen LogP contribution in [-0.4, -0.2) is 26.1 Å². The molecule has 0 aromatic heterocycles. The highest BCUT2D eigenvalue weighted by Gasteiger charge is 1.99. The predicted molar refractivity (Wildman–Crippen MR) is 28.4 cm³/mol. The fraction of sp³-hybridized carbons (Fsp3) is 0.750. The van der Waals surface area contributed by atoms with Crippen molar-refractivity contribution < 1.29 is 0 Å². The van der Waals surface area contributed by atoms with Crippen LogP contribution < -0.4 is 10.6 Å². The van der Waals surface area contributed by atoms with Crippen molar-refractivity contribution >= 4 is 5.96 Å². The van der Waals surface area contributed by atoms with E-state index < -0.39 is 0 Å². The summed E-state index contributed by atoms with van der Waals surface area (Å²) >= 11 is 0. The Labute approximate surface area is 42.8 Å². The summed E-state index contributed by atoms with van der Waals surface area (Å²) in [5.74, 6) is 0.792. The zero-order chi connectivity index (χ0) is 5.11. The maximum atomic E-state index is 3.99. The molecule has 0 atom stereocenters. The standard InChI is InChI=1S/C4H8N3/c1-5-4-6-2-3-7-4/h2-3H2,1H3,(H,6,7). The summed E-state index contributed by atoms with van der Waals surface area (Å²) in [5, 5.41) is 6.82. The molecule has 0 amide bonds. The molecule has 0 saturated heterocycles. The van der Waals surface area contributed by atoms with E-state index in [0.717, 1.165) is 19.0 Å². The minimum Gasteiger partial charge on any atom is -0.353 e. The lowest BCUT2D eigenvalue weighted by Crippen LogP contribution is -2.25. The Bertz CT molecular complexity index is 86.9. The average molecular weight is 98.1 g/mol. The molecule has 0 aromatic rings. The van der Waals surface area contributed by atoms with Crippen molar-refractivity contribution in [3.8, 4) is 0 Å². The Balaban J connectivity index is 2.36. The highest BCUT2D eigenvalue weighted by atomic mass is 15.2. The summed E-state index contributed by atoms with van der Waals surface area (Å²) in [6.45, 7) is 1.83. The van der Waals surface area contributed by atoms with E-state index in [4.69, 9.17) is 0 Å². The van der Waals surface area contributed by atoms with Gasteiger partial charge in [0.1, 0.15) is 0 Å². The summed E-state index contributed by atoms with van der Waals surface area (Å²) in [4.78, 5) is 3.99. The van der Waals surface area contributed by atoms with Crippen LogP contribution in [0.5, 0.6) is 0 Å². The van der Waals surface area contributed by atoms with Crippen molar-refractivity contribution in [2.75, 3.05) is 20.1 Å². The molecule has 1 radical (unpaired) electrons. The van der Waals surface area contributed by atoms with Gasteiger partial charge in [0.05, 0.1) is 6.54 Å². The van der Waals surface area contributed by atoms with Crippen LogP contribution in [0, 0.1) is 0 Å². The molecule has 3 heteroatoms. The average Bonchev–Trinajstić information content (AvgIpc) is 2.14. The lowest BCUT2D eigenvalue weighted by atomic mass is 10.7. The summed E-state index contributed by atoms with van der Waals surface area (Å²) in [6, 6.07) is 0. The SMILES string of the molecule is C[N]C1=NCCN1. The predicted octanol–water partition coefficient (Wildman–Crippen LogP) is -0.820. The molecule has 0 spiro atoms. The third-order valence-electron chi connectivity index (χ3n) is 0.868. The topological polar surface area (TPSA) is 38.5 Å². The highest BCUT2D eigenvalue weighted by molar-refractivity contribution is 5.80. The number of guanidine groups is 1. The van der Waals surface area contributed by atoms with Gasteiger partial charge in [-0.05, 0) is 0 Å². The third kappa shape index (κ3) is 0.824. The van der Waals surface area contributed by atoms with Gasteiger partial charge < -0.3 is 5.32 Å². The van der Waals surface area contributed by atoms with E-state index in [1.54, 1.807) is 7.05 Å². The van der Waals surface area contributed by atoms with Crippen molar-refractivity contribution in [3.05, 3.63) is 0 Å². The van der Waals surface area contributed by atoms with Gasteiger partial charge in [-0.15, -0.1) is 0 Å². The second-order valence-electron chi connectivity index (χ2n) is 1.36. The summed E-state index contributed by atoms with van der Waals surface area (Å²) in [6.07, 6.45) is 0. The van der Waals surface area contributed by atoms with Crippen LogP contribution in [0.25, 0.3) is 0 Å². The van der Waals surface area contributed by atoms with Crippen LogP contribution in [0.3, 0.4) is 0 Å². The van der Waals surface area contributed by atoms with Gasteiger partial charge in [-0.25, -0.2) is 4.99 Å². The Morgan fingerprint density at radius 1 is 1.86 bits per heavy atom. The molecule has 1 heterocycles. The van der Waals surface area contributed by atoms with Crippen molar-refractivity contribution in [1.82, 2.24) is 10.6 Å². The van der Waals surface area contributed by atoms with Crippen LogP contribution in [0.1, 0.15) is 0 Å². The van der Waals surface area contributed by atoms with Gasteiger partial charge in [0.2, 0.25) is 5.96 Å². The molecular formula is C4H8N3. The molecule has 0 aromatic carbocycles. The number of hydrogen-bond donors (Lipinski definition) is 1. The van der Waals surface area contributed by atoms with E-state index in [1.165, 1.54) is 0 Å². The van der Waals surface area contributed by atoms with Crippen LogP contribution in [-0.2, 0) is 0 Å². The quantitative estimate of drug-likeness (QED) is 0.422. The van der Waals surface area contributed by atoms with E-state index in [-0.39, 0.29) is 0 Å². The smallest absolute Gasteiger partial charge is 0.213 e. The van der Waals surface area contributed by atoms with Crippen molar-refractivity contribution in [2.45, 2.75) is 0 Å². The first-order valence-electron chi connectivity index (χ1n) is 2.31. The van der Waals surface area contributed by atoms with E-state index >= 15 is 0 Å². The monoisotopic (exact) mass is 98.1 g/mol. The number of rotatable bonds is 0. The number of aliphatic imine (C=N–C) groups is 1. The highest BCUT2D eigenvalue weighted by Crippen LogP contribution is 1.78. The van der Waals surface area contributed by atoms with E-state index in [1.807, 2.05) is 0 Å². The maximum Gasteiger partial charge on any atom is 0.213 e. The fourth-order valence-corrected chi connectivity index (χ4v) is 0.535. The Kier molecular flexibility index (Phi) is 1.15. The van der Waals surface area contributed by atoms with Gasteiger partial charge in [0.25, 0.3) is 0 Å². The molecule has 0 aliphatic carbocycles. The molecule has 7 heavy (non-hydrogen) atoms. The van der Waals surface area contributed by atoms with Crippen molar-refractivity contribution in [3.63, 3.8) is 0 Å². The molecule has 39 valence electrons. The number of nitrogens with zero attached hydrogens (tertiary/aromatic N) is 2. The Hall–Kier alpha value is -0.730. The number of nitrogens with one attached hydrogen (secondary N) is 1. The van der Waals surface area contributed by atoms with E-state index in [2.05, 4.69) is 15.6 Å². The van der Waals surface area contributed by atoms with Gasteiger partial charge in [0.15, 0.2) is 0 Å². The van der Waals surface area contributed by atoms with Gasteiger partial charge in [0, 0.05) is 13.6 Å². The largest absolute Gasteiger partial charge is 0.353 e. The third-order valence-corrected chi connectivity index (χ3v) is 0.868. The summed E-state index contributed by atoms with van der Waals surface area (Å²) in [7, 11) is 1.73. The first kappa shape index (κ1) is 4.43. The summed E-state index contributed by atoms with van der Waals surface area (Å²) < 4.78 is 0. The van der Waals surface area contributed by atoms with E-state index in [0.29, 0.717) is 0 Å². The minimum atomic E-state index is 0.792. The zero-order valence-electron chi connectivity index (χ0n) is 4.31. The van der Waals surface area contributed by atoms with Gasteiger partial charge in [-0.3, -0.25) is 5.32 Å². The second kappa shape index (κ2) is 1.82. The van der Waals surface area contributed by atoms with Crippen LogP contribution in [0.2, 0.25) is 0 Å². The Morgan fingerprint density at radius 3 is 3.00 bits per heavy atom.